The summed E-state index contributed by atoms with van der Waals surface area (Å²) in [6.45, 7) is 3.86. The lowest BCUT2D eigenvalue weighted by molar-refractivity contribution is -0.735. The molecule has 2 saturated heterocycles. The Balaban J connectivity index is 1.84. The predicted octanol–water partition coefficient (Wildman–Crippen LogP) is 0.769. The number of nitrogens with zero attached hydrogens (tertiary/aromatic N) is 1. The van der Waals surface area contributed by atoms with Gasteiger partial charge in [0.2, 0.25) is 17.4 Å². The number of furan rings is 1. The highest BCUT2D eigenvalue weighted by atomic mass is 16.5. The van der Waals surface area contributed by atoms with Gasteiger partial charge in [0, 0.05) is 13.0 Å². The monoisotopic (exact) mass is 413 g/mol. The summed E-state index contributed by atoms with van der Waals surface area (Å²) in [5, 5.41) is 11.4. The van der Waals surface area contributed by atoms with E-state index in [0.717, 1.165) is 5.56 Å². The fourth-order valence-electron chi connectivity index (χ4n) is 4.89. The third-order valence-corrected chi connectivity index (χ3v) is 6.14. The lowest BCUT2D eigenvalue weighted by atomic mass is 9.76. The van der Waals surface area contributed by atoms with Gasteiger partial charge in [-0.25, -0.2) is 4.79 Å². The first kappa shape index (κ1) is 20.2. The molecule has 1 aromatic carbocycles. The van der Waals surface area contributed by atoms with Crippen molar-refractivity contribution < 1.29 is 34.0 Å². The first-order chi connectivity index (χ1) is 14.4. The largest absolute Gasteiger partial charge is 0.508 e. The van der Waals surface area contributed by atoms with Crippen LogP contribution >= 0.6 is 0 Å². The third-order valence-electron chi connectivity index (χ3n) is 6.14. The number of carbonyl (C=O) groups excluding carboxylic acids is 3. The van der Waals surface area contributed by atoms with Crippen molar-refractivity contribution in [2.45, 2.75) is 31.8 Å². The second kappa shape index (κ2) is 7.60. The first-order valence-electron chi connectivity index (χ1n) is 10.1. The molecule has 4 atom stereocenters. The zero-order chi connectivity index (χ0) is 21.5. The number of quaternary nitrogens is 1. The Hall–Kier alpha value is -3.13. The minimum Gasteiger partial charge on any atom is -0.508 e. The molecule has 3 heterocycles. The number of ether oxygens (including phenoxy) is 1. The molecule has 2 aliphatic rings. The van der Waals surface area contributed by atoms with Crippen molar-refractivity contribution in [1.82, 2.24) is 4.90 Å². The third kappa shape index (κ3) is 2.99. The van der Waals surface area contributed by atoms with Crippen LogP contribution in [0.2, 0.25) is 0 Å². The number of imide groups is 1. The van der Waals surface area contributed by atoms with Crippen LogP contribution in [0.4, 0.5) is 0 Å². The number of carbonyl (C=O) groups is 3. The molecule has 158 valence electrons. The maximum atomic E-state index is 13.3. The Labute approximate surface area is 173 Å². The highest BCUT2D eigenvalue weighted by Crippen LogP contribution is 2.45. The number of esters is 1. The van der Waals surface area contributed by atoms with Crippen LogP contribution in [-0.4, -0.2) is 46.5 Å². The van der Waals surface area contributed by atoms with E-state index in [2.05, 4.69) is 0 Å². The maximum absolute atomic E-state index is 13.3. The molecule has 8 nitrogen and oxygen atoms in total. The van der Waals surface area contributed by atoms with Crippen LogP contribution in [0.3, 0.4) is 0 Å². The van der Waals surface area contributed by atoms with Crippen molar-refractivity contribution in [2.24, 2.45) is 11.8 Å². The number of nitrogens with two attached hydrogens (primary N) is 1. The summed E-state index contributed by atoms with van der Waals surface area (Å²) in [7, 11) is 0. The average molecular weight is 413 g/mol. The van der Waals surface area contributed by atoms with Gasteiger partial charge in [-0.3, -0.25) is 14.5 Å². The van der Waals surface area contributed by atoms with Gasteiger partial charge < -0.3 is 19.6 Å². The van der Waals surface area contributed by atoms with E-state index in [0.29, 0.717) is 5.76 Å². The van der Waals surface area contributed by atoms with E-state index >= 15 is 0 Å². The molecule has 2 fully saturated rings. The van der Waals surface area contributed by atoms with Gasteiger partial charge in [0.15, 0.2) is 11.8 Å². The molecule has 8 heteroatoms. The van der Waals surface area contributed by atoms with Gasteiger partial charge in [0.05, 0.1) is 12.9 Å². The molecule has 1 aromatic heterocycles. The minimum absolute atomic E-state index is 0.106. The fraction of sp³-hybridized carbons (Fsp3) is 0.409. The topological polar surface area (TPSA) is 114 Å². The van der Waals surface area contributed by atoms with Crippen molar-refractivity contribution in [3.05, 3.63) is 54.0 Å². The number of hydrogen-bond donors (Lipinski definition) is 2. The second-order valence-electron chi connectivity index (χ2n) is 7.74. The van der Waals surface area contributed by atoms with E-state index in [1.54, 1.807) is 43.4 Å². The predicted molar refractivity (Wildman–Crippen MR) is 104 cm³/mol. The highest BCUT2D eigenvalue weighted by molar-refractivity contribution is 6.08. The molecule has 3 N–H and O–H groups in total. The Morgan fingerprint density at radius 3 is 2.53 bits per heavy atom. The number of hydrogen-bond acceptors (Lipinski definition) is 6. The van der Waals surface area contributed by atoms with E-state index in [4.69, 9.17) is 9.15 Å². The van der Waals surface area contributed by atoms with E-state index in [1.807, 2.05) is 0 Å². The Bertz CT molecular complexity index is 955. The van der Waals surface area contributed by atoms with Crippen molar-refractivity contribution in [1.29, 1.82) is 0 Å². The molecule has 2 aromatic rings. The van der Waals surface area contributed by atoms with Crippen LogP contribution in [0.15, 0.2) is 47.1 Å². The lowest BCUT2D eigenvalue weighted by Crippen LogP contribution is -2.98. The van der Waals surface area contributed by atoms with E-state index in [-0.39, 0.29) is 37.1 Å². The number of likely N-dealkylation sites (tertiary alicyclic amines) is 1. The van der Waals surface area contributed by atoms with Gasteiger partial charge in [0.1, 0.15) is 17.6 Å². The second-order valence-corrected chi connectivity index (χ2v) is 7.74. The van der Waals surface area contributed by atoms with Gasteiger partial charge in [0.25, 0.3) is 0 Å². The smallest absolute Gasteiger partial charge is 0.369 e. The van der Waals surface area contributed by atoms with Crippen molar-refractivity contribution in [2.75, 3.05) is 13.2 Å². The molecule has 2 amide bonds. The van der Waals surface area contributed by atoms with Crippen LogP contribution in [0, 0.1) is 11.8 Å². The number of phenols is 1. The quantitative estimate of drug-likeness (QED) is 0.534. The molecule has 0 spiro atoms. The first-order valence-corrected chi connectivity index (χ1v) is 10.1. The van der Waals surface area contributed by atoms with E-state index < -0.39 is 29.4 Å². The summed E-state index contributed by atoms with van der Waals surface area (Å²) in [6, 6.07) is 9.44. The number of phenolic OH excluding ortho intramolecular Hbond substituents is 1. The number of aromatic hydroxyl groups is 1. The van der Waals surface area contributed by atoms with Crippen molar-refractivity contribution in [3.8, 4) is 5.75 Å². The summed E-state index contributed by atoms with van der Waals surface area (Å²) < 4.78 is 11.0. The molecule has 0 bridgehead atoms. The van der Waals surface area contributed by atoms with E-state index in [9.17, 15) is 19.5 Å². The average Bonchev–Trinajstić information content (AvgIpc) is 3.42. The Morgan fingerprint density at radius 1 is 1.20 bits per heavy atom. The van der Waals surface area contributed by atoms with Gasteiger partial charge in [-0.2, -0.15) is 0 Å². The van der Waals surface area contributed by atoms with Crippen molar-refractivity contribution in [3.63, 3.8) is 0 Å². The number of benzene rings is 1. The Kier molecular flexibility index (Phi) is 5.11. The van der Waals surface area contributed by atoms with Crippen LogP contribution in [0.1, 0.15) is 31.2 Å². The summed E-state index contributed by atoms with van der Waals surface area (Å²) in [6.07, 6.45) is 1.70. The fourth-order valence-corrected chi connectivity index (χ4v) is 4.89. The highest BCUT2D eigenvalue weighted by Gasteiger charge is 2.72. The molecule has 0 aliphatic carbocycles. The number of amides is 2. The van der Waals surface area contributed by atoms with Crippen molar-refractivity contribution >= 4 is 17.8 Å². The minimum atomic E-state index is -1.31. The molecule has 2 aliphatic heterocycles. The van der Waals surface area contributed by atoms with Gasteiger partial charge in [-0.15, -0.1) is 0 Å². The van der Waals surface area contributed by atoms with Gasteiger partial charge >= 0.3 is 5.97 Å². The lowest BCUT2D eigenvalue weighted by Gasteiger charge is -2.29. The summed E-state index contributed by atoms with van der Waals surface area (Å²) >= 11 is 0. The summed E-state index contributed by atoms with van der Waals surface area (Å²) in [5.41, 5.74) is -0.558. The van der Waals surface area contributed by atoms with Crippen LogP contribution in [0.5, 0.6) is 5.75 Å². The maximum Gasteiger partial charge on any atom is 0.369 e. The normalized spacial score (nSPS) is 28.1. The Morgan fingerprint density at radius 2 is 1.93 bits per heavy atom. The molecular formula is C22H25N2O6+. The van der Waals surface area contributed by atoms with Crippen LogP contribution in [0.25, 0.3) is 0 Å². The summed E-state index contributed by atoms with van der Waals surface area (Å²) in [5.74, 6) is -2.11. The van der Waals surface area contributed by atoms with Crippen LogP contribution < -0.4 is 5.32 Å². The molecular weight excluding hydrogens is 388 g/mol. The molecule has 30 heavy (non-hydrogen) atoms. The zero-order valence-corrected chi connectivity index (χ0v) is 16.9. The SMILES string of the molecule is CCOC(=O)[C@]1(Cc2ccc(O)cc2)[NH2+][C@@H](c2ccco2)[C@@H]2C(=O)N(CC)C(=O)[C@H]21. The number of fused-ring (bicyclic) bond motifs is 1. The molecule has 0 unspecified atom stereocenters. The zero-order valence-electron chi connectivity index (χ0n) is 16.9. The molecule has 0 radical (unpaired) electrons. The summed E-state index contributed by atoms with van der Waals surface area (Å²) in [4.78, 5) is 41.0. The molecule has 4 rings (SSSR count). The number of rotatable bonds is 6. The van der Waals surface area contributed by atoms with Crippen LogP contribution in [-0.2, 0) is 25.5 Å². The molecule has 0 saturated carbocycles. The van der Waals surface area contributed by atoms with E-state index in [1.165, 1.54) is 23.3 Å². The van der Waals surface area contributed by atoms with Gasteiger partial charge in [-0.05, 0) is 43.7 Å². The standard InChI is InChI=1S/C22H24N2O6/c1-3-24-19(26)16-17(20(24)27)22(21(28)29-4-2,12-13-7-9-14(25)10-8-13)23-18(16)15-6-5-11-30-15/h5-11,16-18,23,25H,3-4,12H2,1-2H3/p+1/t16-,17+,18+,22-/m1/s1. The van der Waals surface area contributed by atoms with Gasteiger partial charge in [-0.1, -0.05) is 12.1 Å².